The quantitative estimate of drug-likeness (QED) is 0.385. The summed E-state index contributed by atoms with van der Waals surface area (Å²) in [6.45, 7) is 3.89. The van der Waals surface area contributed by atoms with Crippen LogP contribution < -0.4 is 4.74 Å². The number of aromatic nitrogens is 1. The van der Waals surface area contributed by atoms with Gasteiger partial charge in [-0.1, -0.05) is 61.5 Å². The van der Waals surface area contributed by atoms with Crippen molar-refractivity contribution >= 4 is 16.7 Å². The second-order valence-electron chi connectivity index (χ2n) is 7.68. The fraction of sp³-hybridized carbons (Fsp3) is 0.222. The second kappa shape index (κ2) is 10.6. The van der Waals surface area contributed by atoms with E-state index in [2.05, 4.69) is 24.0 Å². The van der Waals surface area contributed by atoms with Crippen LogP contribution in [0.3, 0.4) is 0 Å². The summed E-state index contributed by atoms with van der Waals surface area (Å²) in [6.07, 6.45) is 2.97. The molecule has 0 aliphatic heterocycles. The van der Waals surface area contributed by atoms with Gasteiger partial charge in [0.15, 0.2) is 5.78 Å². The summed E-state index contributed by atoms with van der Waals surface area (Å²) in [5, 5.41) is 10.3. The van der Waals surface area contributed by atoms with E-state index in [-0.39, 0.29) is 12.4 Å². The number of rotatable bonds is 6. The van der Waals surface area contributed by atoms with E-state index in [0.717, 1.165) is 28.9 Å². The zero-order chi connectivity index (χ0) is 22.2. The Labute approximate surface area is 183 Å². The fourth-order valence-electron chi connectivity index (χ4n) is 3.55. The third-order valence-corrected chi connectivity index (χ3v) is 5.26. The third kappa shape index (κ3) is 5.62. The lowest BCUT2D eigenvalue weighted by atomic mass is 9.97. The zero-order valence-corrected chi connectivity index (χ0v) is 18.3. The van der Waals surface area contributed by atoms with Crippen LogP contribution in [-0.2, 0) is 6.42 Å². The SMILES string of the molecule is CC(CO)Cc1c[nH]c2ccccc12.COc1ccc(-c2ccccc2C(C)=O)cc1. The lowest BCUT2D eigenvalue weighted by Gasteiger charge is -2.07. The molecule has 0 bridgehead atoms. The molecule has 4 nitrogen and oxygen atoms in total. The maximum Gasteiger partial charge on any atom is 0.160 e. The number of ether oxygens (including phenoxy) is 1. The summed E-state index contributed by atoms with van der Waals surface area (Å²) in [4.78, 5) is 14.8. The summed E-state index contributed by atoms with van der Waals surface area (Å²) in [5.41, 5.74) is 5.20. The molecule has 0 radical (unpaired) electrons. The van der Waals surface area contributed by atoms with Crippen LogP contribution in [0.4, 0.5) is 0 Å². The van der Waals surface area contributed by atoms with Gasteiger partial charge >= 0.3 is 0 Å². The van der Waals surface area contributed by atoms with Crippen LogP contribution in [0.15, 0.2) is 79.0 Å². The van der Waals surface area contributed by atoms with Crippen molar-refractivity contribution in [1.29, 1.82) is 0 Å². The van der Waals surface area contributed by atoms with Gasteiger partial charge in [-0.2, -0.15) is 0 Å². The van der Waals surface area contributed by atoms with E-state index in [4.69, 9.17) is 9.84 Å². The molecule has 1 heterocycles. The van der Waals surface area contributed by atoms with Gasteiger partial charge in [-0.3, -0.25) is 4.79 Å². The molecule has 0 aliphatic carbocycles. The Balaban J connectivity index is 0.000000179. The second-order valence-corrected chi connectivity index (χ2v) is 7.68. The minimum absolute atomic E-state index is 0.0800. The predicted molar refractivity (Wildman–Crippen MR) is 127 cm³/mol. The Hall–Kier alpha value is -3.37. The van der Waals surface area contributed by atoms with E-state index in [9.17, 15) is 4.79 Å². The molecule has 31 heavy (non-hydrogen) atoms. The lowest BCUT2D eigenvalue weighted by Crippen LogP contribution is -2.03. The topological polar surface area (TPSA) is 62.3 Å². The first-order valence-electron chi connectivity index (χ1n) is 10.4. The lowest BCUT2D eigenvalue weighted by molar-refractivity contribution is 0.101. The maximum absolute atomic E-state index is 11.5. The number of aromatic amines is 1. The van der Waals surface area contributed by atoms with E-state index >= 15 is 0 Å². The number of hydrogen-bond donors (Lipinski definition) is 2. The van der Waals surface area contributed by atoms with Crippen molar-refractivity contribution in [2.45, 2.75) is 20.3 Å². The molecule has 1 atom stereocenters. The first kappa shape index (κ1) is 22.3. The van der Waals surface area contributed by atoms with Gasteiger partial charge in [-0.15, -0.1) is 0 Å². The van der Waals surface area contributed by atoms with Gasteiger partial charge in [0.2, 0.25) is 0 Å². The molecule has 0 amide bonds. The van der Waals surface area contributed by atoms with Crippen molar-refractivity contribution in [3.8, 4) is 16.9 Å². The highest BCUT2D eigenvalue weighted by Crippen LogP contribution is 2.26. The number of aliphatic hydroxyl groups is 1. The highest BCUT2D eigenvalue weighted by atomic mass is 16.5. The van der Waals surface area contributed by atoms with Crippen molar-refractivity contribution in [3.05, 3.63) is 90.1 Å². The molecule has 4 rings (SSSR count). The Morgan fingerprint density at radius 1 is 1.00 bits per heavy atom. The van der Waals surface area contributed by atoms with Crippen LogP contribution in [0.2, 0.25) is 0 Å². The molecule has 0 fully saturated rings. The number of nitrogens with one attached hydrogen (secondary N) is 1. The summed E-state index contributed by atoms with van der Waals surface area (Å²) >= 11 is 0. The Morgan fingerprint density at radius 3 is 2.35 bits per heavy atom. The van der Waals surface area contributed by atoms with Gasteiger partial charge < -0.3 is 14.8 Å². The number of carbonyl (C=O) groups excluding carboxylic acids is 1. The number of hydrogen-bond acceptors (Lipinski definition) is 3. The molecule has 160 valence electrons. The third-order valence-electron chi connectivity index (χ3n) is 5.26. The van der Waals surface area contributed by atoms with Crippen molar-refractivity contribution < 1.29 is 14.6 Å². The summed E-state index contributed by atoms with van der Waals surface area (Å²) in [6, 6.07) is 23.6. The number of H-pyrrole nitrogens is 1. The highest BCUT2D eigenvalue weighted by Gasteiger charge is 2.08. The van der Waals surface area contributed by atoms with E-state index in [1.807, 2.05) is 66.9 Å². The molecule has 4 aromatic rings. The molecule has 0 saturated carbocycles. The van der Waals surface area contributed by atoms with Crippen LogP contribution >= 0.6 is 0 Å². The standard InChI is InChI=1S/C15H14O2.C12H15NO/c1-11(16)14-5-3-4-6-15(14)12-7-9-13(17-2)10-8-12;1-9(8-14)6-10-7-13-12-5-3-2-4-11(10)12/h3-10H,1-2H3;2-5,7,9,13-14H,6,8H2,1H3. The van der Waals surface area contributed by atoms with Crippen LogP contribution in [0.1, 0.15) is 29.8 Å². The normalized spacial score (nSPS) is 11.5. The first-order valence-corrected chi connectivity index (χ1v) is 10.4. The molecule has 3 aromatic carbocycles. The van der Waals surface area contributed by atoms with Crippen LogP contribution in [0.5, 0.6) is 5.75 Å². The maximum atomic E-state index is 11.5. The fourth-order valence-corrected chi connectivity index (χ4v) is 3.55. The molecule has 2 N–H and O–H groups in total. The number of methoxy groups -OCH3 is 1. The molecule has 4 heteroatoms. The largest absolute Gasteiger partial charge is 0.497 e. The molecule has 0 aliphatic rings. The van der Waals surface area contributed by atoms with Crippen LogP contribution in [-0.4, -0.2) is 29.6 Å². The number of fused-ring (bicyclic) bond motifs is 1. The van der Waals surface area contributed by atoms with Crippen LogP contribution in [0, 0.1) is 5.92 Å². The number of Topliss-reactive ketones (excluding diaryl/α,β-unsaturated/α-hetero) is 1. The van der Waals surface area contributed by atoms with Gasteiger partial charge in [-0.25, -0.2) is 0 Å². The predicted octanol–water partition coefficient (Wildman–Crippen LogP) is 5.90. The Kier molecular flexibility index (Phi) is 7.63. The molecular weight excluding hydrogens is 386 g/mol. The minimum atomic E-state index is 0.0800. The minimum Gasteiger partial charge on any atom is -0.497 e. The smallest absolute Gasteiger partial charge is 0.160 e. The molecular formula is C27H29NO3. The van der Waals surface area contributed by atoms with Crippen molar-refractivity contribution in [2.24, 2.45) is 5.92 Å². The zero-order valence-electron chi connectivity index (χ0n) is 18.3. The van der Waals surface area contributed by atoms with E-state index in [1.54, 1.807) is 14.0 Å². The first-order chi connectivity index (χ1) is 15.0. The average molecular weight is 416 g/mol. The van der Waals surface area contributed by atoms with Crippen molar-refractivity contribution in [1.82, 2.24) is 4.98 Å². The summed E-state index contributed by atoms with van der Waals surface area (Å²) in [5.74, 6) is 1.22. The van der Waals surface area contributed by atoms with Gasteiger partial charge in [-0.05, 0) is 54.2 Å². The molecule has 0 spiro atoms. The van der Waals surface area contributed by atoms with Gasteiger partial charge in [0.05, 0.1) is 7.11 Å². The molecule has 1 aromatic heterocycles. The summed E-state index contributed by atoms with van der Waals surface area (Å²) in [7, 11) is 1.64. The number of aliphatic hydroxyl groups excluding tert-OH is 1. The number of carbonyl (C=O) groups is 1. The Bertz CT molecular complexity index is 1130. The number of benzene rings is 3. The van der Waals surface area contributed by atoms with E-state index < -0.39 is 0 Å². The van der Waals surface area contributed by atoms with Crippen molar-refractivity contribution in [2.75, 3.05) is 13.7 Å². The van der Waals surface area contributed by atoms with Gasteiger partial charge in [0.25, 0.3) is 0 Å². The van der Waals surface area contributed by atoms with Crippen molar-refractivity contribution in [3.63, 3.8) is 0 Å². The van der Waals surface area contributed by atoms with Crippen LogP contribution in [0.25, 0.3) is 22.0 Å². The highest BCUT2D eigenvalue weighted by molar-refractivity contribution is 6.00. The monoisotopic (exact) mass is 415 g/mol. The average Bonchev–Trinajstić information content (AvgIpc) is 3.22. The summed E-state index contributed by atoms with van der Waals surface area (Å²) < 4.78 is 5.12. The number of para-hydroxylation sites is 1. The number of ketones is 1. The van der Waals surface area contributed by atoms with Gasteiger partial charge in [0.1, 0.15) is 5.75 Å². The van der Waals surface area contributed by atoms with Gasteiger partial charge in [0, 0.05) is 29.3 Å². The molecule has 0 saturated heterocycles. The molecule has 1 unspecified atom stereocenters. The Morgan fingerprint density at radius 2 is 1.68 bits per heavy atom. The van der Waals surface area contributed by atoms with E-state index in [1.165, 1.54) is 16.5 Å². The van der Waals surface area contributed by atoms with E-state index in [0.29, 0.717) is 5.92 Å².